The number of ether oxygens (including phenoxy) is 2. The number of nitrogens with one attached hydrogen (secondary N) is 1. The van der Waals surface area contributed by atoms with Gasteiger partial charge < -0.3 is 14.8 Å². The summed E-state index contributed by atoms with van der Waals surface area (Å²) in [6.45, 7) is 1.73. The molecule has 7 heteroatoms. The van der Waals surface area contributed by atoms with Crippen molar-refractivity contribution in [2.75, 3.05) is 19.0 Å². The lowest BCUT2D eigenvalue weighted by Crippen LogP contribution is -2.21. The Bertz CT molecular complexity index is 760. The summed E-state index contributed by atoms with van der Waals surface area (Å²) in [7, 11) is 1.59. The van der Waals surface area contributed by atoms with E-state index in [0.717, 1.165) is 24.1 Å². The van der Waals surface area contributed by atoms with Crippen molar-refractivity contribution < 1.29 is 27.4 Å². The maximum Gasteiger partial charge on any atom is 0.416 e. The standard InChI is InChI=1S/C21H24F3NO3/c1-15(26)25-19-8-3-4-9-20(19)28-14-18(27-2)7-5-6-16-10-12-17(13-11-16)21(22,23)24/h3-4,8-13,18H,5-7,14H2,1-2H3,(H,25,26). The van der Waals surface area contributed by atoms with Crippen molar-refractivity contribution in [1.82, 2.24) is 0 Å². The molecule has 4 nitrogen and oxygen atoms in total. The SMILES string of the molecule is COC(CCCc1ccc(C(F)(F)F)cc1)COc1ccccc1NC(C)=O. The van der Waals surface area contributed by atoms with E-state index in [1.165, 1.54) is 19.1 Å². The molecule has 0 saturated carbocycles. The summed E-state index contributed by atoms with van der Waals surface area (Å²) in [5.41, 5.74) is 0.798. The second-order valence-corrected chi connectivity index (χ2v) is 6.43. The number of aryl methyl sites for hydroxylation is 1. The van der Waals surface area contributed by atoms with Crippen LogP contribution < -0.4 is 10.1 Å². The molecule has 0 radical (unpaired) electrons. The highest BCUT2D eigenvalue weighted by molar-refractivity contribution is 5.90. The number of hydrogen-bond acceptors (Lipinski definition) is 3. The molecule has 1 N–H and O–H groups in total. The molecule has 2 rings (SSSR count). The highest BCUT2D eigenvalue weighted by atomic mass is 19.4. The van der Waals surface area contributed by atoms with Crippen molar-refractivity contribution in [3.63, 3.8) is 0 Å². The molecule has 0 spiro atoms. The number of benzene rings is 2. The van der Waals surface area contributed by atoms with E-state index in [9.17, 15) is 18.0 Å². The molecule has 0 aliphatic heterocycles. The summed E-state index contributed by atoms with van der Waals surface area (Å²) < 4.78 is 49.0. The molecule has 0 aliphatic rings. The predicted molar refractivity (Wildman–Crippen MR) is 101 cm³/mol. The molecule has 1 atom stereocenters. The molecule has 1 amide bonds. The van der Waals surface area contributed by atoms with Crippen LogP contribution in [0.4, 0.5) is 18.9 Å². The summed E-state index contributed by atoms with van der Waals surface area (Å²) in [6, 6.07) is 12.3. The van der Waals surface area contributed by atoms with E-state index in [1.54, 1.807) is 25.3 Å². The van der Waals surface area contributed by atoms with E-state index in [2.05, 4.69) is 5.32 Å². The summed E-state index contributed by atoms with van der Waals surface area (Å²) in [5.74, 6) is 0.373. The van der Waals surface area contributed by atoms with Crippen LogP contribution in [-0.4, -0.2) is 25.7 Å². The van der Waals surface area contributed by atoms with E-state index < -0.39 is 11.7 Å². The molecule has 28 heavy (non-hydrogen) atoms. The number of hydrogen-bond donors (Lipinski definition) is 1. The van der Waals surface area contributed by atoms with Gasteiger partial charge in [-0.1, -0.05) is 24.3 Å². The van der Waals surface area contributed by atoms with Gasteiger partial charge in [-0.25, -0.2) is 0 Å². The minimum atomic E-state index is -4.31. The third-order valence-electron chi connectivity index (χ3n) is 4.23. The second kappa shape index (κ2) is 10.1. The first-order chi connectivity index (χ1) is 13.3. The van der Waals surface area contributed by atoms with Gasteiger partial charge in [0.25, 0.3) is 0 Å². The second-order valence-electron chi connectivity index (χ2n) is 6.43. The lowest BCUT2D eigenvalue weighted by atomic mass is 10.0. The fourth-order valence-electron chi connectivity index (χ4n) is 2.73. The third kappa shape index (κ3) is 6.88. The van der Waals surface area contributed by atoms with E-state index in [0.29, 0.717) is 30.9 Å². The number of halogens is 3. The Morgan fingerprint density at radius 2 is 1.79 bits per heavy atom. The summed E-state index contributed by atoms with van der Waals surface area (Å²) >= 11 is 0. The number of anilines is 1. The Kier molecular flexibility index (Phi) is 7.87. The largest absolute Gasteiger partial charge is 0.489 e. The minimum absolute atomic E-state index is 0.167. The molecule has 0 heterocycles. The first-order valence-corrected chi connectivity index (χ1v) is 8.98. The van der Waals surface area contributed by atoms with Gasteiger partial charge in [0.1, 0.15) is 12.4 Å². The van der Waals surface area contributed by atoms with Crippen molar-refractivity contribution in [2.45, 2.75) is 38.5 Å². The van der Waals surface area contributed by atoms with Crippen LogP contribution in [0, 0.1) is 0 Å². The number of para-hydroxylation sites is 2. The van der Waals surface area contributed by atoms with Gasteiger partial charge in [-0.05, 0) is 49.1 Å². The Morgan fingerprint density at radius 1 is 1.11 bits per heavy atom. The van der Waals surface area contributed by atoms with E-state index in [-0.39, 0.29) is 12.0 Å². The Hall–Kier alpha value is -2.54. The number of rotatable bonds is 9. The van der Waals surface area contributed by atoms with Crippen LogP contribution in [0.5, 0.6) is 5.75 Å². The molecule has 2 aromatic rings. The van der Waals surface area contributed by atoms with Gasteiger partial charge >= 0.3 is 6.18 Å². The van der Waals surface area contributed by atoms with E-state index >= 15 is 0 Å². The molecule has 0 saturated heterocycles. The van der Waals surface area contributed by atoms with Crippen LogP contribution >= 0.6 is 0 Å². The quantitative estimate of drug-likeness (QED) is 0.644. The molecule has 0 aliphatic carbocycles. The molecule has 152 valence electrons. The van der Waals surface area contributed by atoms with E-state index in [4.69, 9.17) is 9.47 Å². The summed E-state index contributed by atoms with van der Waals surface area (Å²) in [6.07, 6.45) is -2.38. The number of carbonyl (C=O) groups excluding carboxylic acids is 1. The van der Waals surface area contributed by atoms with Crippen molar-refractivity contribution >= 4 is 11.6 Å². The fourth-order valence-corrected chi connectivity index (χ4v) is 2.73. The zero-order chi connectivity index (χ0) is 20.6. The van der Waals surface area contributed by atoms with E-state index in [1.807, 2.05) is 6.07 Å². The van der Waals surface area contributed by atoms with Gasteiger partial charge in [-0.2, -0.15) is 13.2 Å². The monoisotopic (exact) mass is 395 g/mol. The lowest BCUT2D eigenvalue weighted by Gasteiger charge is -2.18. The number of alkyl halides is 3. The average molecular weight is 395 g/mol. The number of carbonyl (C=O) groups is 1. The first-order valence-electron chi connectivity index (χ1n) is 8.98. The van der Waals surface area contributed by atoms with Gasteiger partial charge in [-0.3, -0.25) is 4.79 Å². The molecule has 1 unspecified atom stereocenters. The van der Waals surface area contributed by atoms with Crippen molar-refractivity contribution in [3.8, 4) is 5.75 Å². The topological polar surface area (TPSA) is 47.6 Å². The van der Waals surface area contributed by atoms with Crippen molar-refractivity contribution in [1.29, 1.82) is 0 Å². The summed E-state index contributed by atoms with van der Waals surface area (Å²) in [5, 5.41) is 2.71. The Labute approximate surface area is 162 Å². The van der Waals surface area contributed by atoms with Crippen LogP contribution in [0.25, 0.3) is 0 Å². The maximum atomic E-state index is 12.6. The highest BCUT2D eigenvalue weighted by Gasteiger charge is 2.29. The number of amides is 1. The maximum absolute atomic E-state index is 12.6. The zero-order valence-electron chi connectivity index (χ0n) is 15.9. The molecule has 0 fully saturated rings. The number of methoxy groups -OCH3 is 1. The predicted octanol–water partition coefficient (Wildman–Crippen LogP) is 5.08. The molecular weight excluding hydrogens is 371 g/mol. The van der Waals surface area contributed by atoms with Crippen LogP contribution in [0.1, 0.15) is 30.9 Å². The molecule has 2 aromatic carbocycles. The Morgan fingerprint density at radius 3 is 2.39 bits per heavy atom. The fraction of sp³-hybridized carbons (Fsp3) is 0.381. The zero-order valence-corrected chi connectivity index (χ0v) is 15.9. The van der Waals surface area contributed by atoms with Gasteiger partial charge in [0.2, 0.25) is 5.91 Å². The smallest absolute Gasteiger partial charge is 0.416 e. The van der Waals surface area contributed by atoms with Crippen LogP contribution in [0.2, 0.25) is 0 Å². The van der Waals surface area contributed by atoms with Gasteiger partial charge in [0.05, 0.1) is 17.4 Å². The normalized spacial score (nSPS) is 12.5. The van der Waals surface area contributed by atoms with Gasteiger partial charge in [0.15, 0.2) is 0 Å². The van der Waals surface area contributed by atoms with Crippen molar-refractivity contribution in [3.05, 3.63) is 59.7 Å². The van der Waals surface area contributed by atoms with Crippen LogP contribution in [0.3, 0.4) is 0 Å². The molecular formula is C21H24F3NO3. The average Bonchev–Trinajstić information content (AvgIpc) is 2.65. The molecule has 0 aromatic heterocycles. The van der Waals surface area contributed by atoms with Crippen molar-refractivity contribution in [2.24, 2.45) is 0 Å². The minimum Gasteiger partial charge on any atom is -0.489 e. The lowest BCUT2D eigenvalue weighted by molar-refractivity contribution is -0.137. The van der Waals surface area contributed by atoms with Crippen LogP contribution in [0.15, 0.2) is 48.5 Å². The highest BCUT2D eigenvalue weighted by Crippen LogP contribution is 2.29. The molecule has 0 bridgehead atoms. The van der Waals surface area contributed by atoms with Crippen LogP contribution in [-0.2, 0) is 22.1 Å². The Balaban J connectivity index is 1.83. The first kappa shape index (κ1) is 21.8. The van der Waals surface area contributed by atoms with Gasteiger partial charge in [-0.15, -0.1) is 0 Å². The van der Waals surface area contributed by atoms with Gasteiger partial charge in [0, 0.05) is 14.0 Å². The third-order valence-corrected chi connectivity index (χ3v) is 4.23. The summed E-state index contributed by atoms with van der Waals surface area (Å²) in [4.78, 5) is 11.3.